The summed E-state index contributed by atoms with van der Waals surface area (Å²) >= 11 is 0.561. The molecular weight excluding hydrogens is 507 g/mol. The summed E-state index contributed by atoms with van der Waals surface area (Å²) in [5.41, 5.74) is 0.142. The molecule has 0 saturated carbocycles. The first-order valence-electron chi connectivity index (χ1n) is 10.3. The van der Waals surface area contributed by atoms with Gasteiger partial charge < -0.3 is 10.1 Å². The maximum Gasteiger partial charge on any atom is 0.271 e. The predicted molar refractivity (Wildman–Crippen MR) is 120 cm³/mol. The predicted octanol–water partition coefficient (Wildman–Crippen LogP) is 3.37. The van der Waals surface area contributed by atoms with E-state index < -0.39 is 49.6 Å². The fourth-order valence-corrected chi connectivity index (χ4v) is 5.74. The third kappa shape index (κ3) is 5.62. The van der Waals surface area contributed by atoms with Gasteiger partial charge in [-0.15, -0.1) is 0 Å². The third-order valence-corrected chi connectivity index (χ3v) is 8.15. The fourth-order valence-electron chi connectivity index (χ4n) is 3.50. The lowest BCUT2D eigenvalue weighted by atomic mass is 10.1. The van der Waals surface area contributed by atoms with E-state index >= 15 is 0 Å². The van der Waals surface area contributed by atoms with Crippen molar-refractivity contribution in [2.45, 2.75) is 29.1 Å². The Labute approximate surface area is 202 Å². The number of amides is 2. The standard InChI is InChI=1S/C22H18F3N3O5S2/c23-13-3-6-17(16(24)9-13)33-20(21(30)28-22-27-11-18(25)34-22)12-1-4-14(5-2-12)35(31,32)15-7-8-26-19(29)10-15/h1-6,9,11,15,20H,7-8,10H2,(H,26,29)(H,27,28,30). The van der Waals surface area contributed by atoms with Gasteiger partial charge in [0.1, 0.15) is 5.82 Å². The van der Waals surface area contributed by atoms with Crippen molar-refractivity contribution < 1.29 is 35.9 Å². The molecule has 13 heteroatoms. The van der Waals surface area contributed by atoms with E-state index in [2.05, 4.69) is 15.6 Å². The molecule has 2 heterocycles. The number of nitrogens with one attached hydrogen (secondary N) is 2. The number of nitrogens with zero attached hydrogens (tertiary/aromatic N) is 1. The van der Waals surface area contributed by atoms with Gasteiger partial charge in [0.25, 0.3) is 5.91 Å². The first-order valence-corrected chi connectivity index (χ1v) is 12.6. The Kier molecular flexibility index (Phi) is 7.08. The maximum absolute atomic E-state index is 14.2. The monoisotopic (exact) mass is 525 g/mol. The van der Waals surface area contributed by atoms with Gasteiger partial charge in [0.05, 0.1) is 16.3 Å². The highest BCUT2D eigenvalue weighted by Crippen LogP contribution is 2.29. The molecular formula is C22H18F3N3O5S2. The van der Waals surface area contributed by atoms with Crippen LogP contribution in [-0.2, 0) is 19.4 Å². The van der Waals surface area contributed by atoms with Gasteiger partial charge in [0.2, 0.25) is 12.0 Å². The van der Waals surface area contributed by atoms with E-state index in [1.54, 1.807) is 0 Å². The molecule has 35 heavy (non-hydrogen) atoms. The van der Waals surface area contributed by atoms with E-state index in [0.29, 0.717) is 17.4 Å². The van der Waals surface area contributed by atoms with Crippen LogP contribution in [0.25, 0.3) is 0 Å². The zero-order valence-electron chi connectivity index (χ0n) is 17.8. The molecule has 2 amide bonds. The van der Waals surface area contributed by atoms with Crippen molar-refractivity contribution in [3.8, 4) is 5.75 Å². The highest BCUT2D eigenvalue weighted by molar-refractivity contribution is 7.92. The number of sulfone groups is 1. The molecule has 2 atom stereocenters. The molecule has 2 aromatic carbocycles. The van der Waals surface area contributed by atoms with Crippen molar-refractivity contribution in [3.63, 3.8) is 0 Å². The number of hydrogen-bond acceptors (Lipinski definition) is 7. The lowest BCUT2D eigenvalue weighted by Gasteiger charge is -2.23. The number of aromatic nitrogens is 1. The molecule has 2 N–H and O–H groups in total. The number of hydrogen-bond donors (Lipinski definition) is 2. The van der Waals surface area contributed by atoms with Crippen molar-refractivity contribution in [2.75, 3.05) is 11.9 Å². The topological polar surface area (TPSA) is 114 Å². The maximum atomic E-state index is 14.2. The van der Waals surface area contributed by atoms with Crippen LogP contribution in [0.5, 0.6) is 5.75 Å². The molecule has 2 unspecified atom stereocenters. The zero-order valence-corrected chi connectivity index (χ0v) is 19.5. The van der Waals surface area contributed by atoms with E-state index in [4.69, 9.17) is 4.74 Å². The molecule has 3 aromatic rings. The van der Waals surface area contributed by atoms with Gasteiger partial charge in [0.15, 0.2) is 31.7 Å². The Morgan fingerprint density at radius 3 is 2.54 bits per heavy atom. The number of carbonyl (C=O) groups is 2. The van der Waals surface area contributed by atoms with Gasteiger partial charge >= 0.3 is 0 Å². The number of ether oxygens (including phenoxy) is 1. The summed E-state index contributed by atoms with van der Waals surface area (Å²) in [7, 11) is -3.83. The second-order valence-corrected chi connectivity index (χ2v) is 10.8. The SMILES string of the molecule is O=C1CC(S(=O)(=O)c2ccc(C(Oc3ccc(F)cc3F)C(=O)Nc3ncc(F)s3)cc2)CCN1. The quantitative estimate of drug-likeness (QED) is 0.489. The van der Waals surface area contributed by atoms with Crippen LogP contribution in [0.15, 0.2) is 53.6 Å². The van der Waals surface area contributed by atoms with E-state index in [1.807, 2.05) is 0 Å². The second kappa shape index (κ2) is 10.0. The van der Waals surface area contributed by atoms with Crippen LogP contribution in [0.4, 0.5) is 18.3 Å². The van der Waals surface area contributed by atoms with Crippen molar-refractivity contribution >= 4 is 38.1 Å². The van der Waals surface area contributed by atoms with Crippen LogP contribution in [0.1, 0.15) is 24.5 Å². The van der Waals surface area contributed by atoms with Crippen LogP contribution < -0.4 is 15.4 Å². The normalized spacial score (nSPS) is 16.9. The molecule has 184 valence electrons. The summed E-state index contributed by atoms with van der Waals surface area (Å²) in [4.78, 5) is 28.2. The Bertz CT molecular complexity index is 1360. The lowest BCUT2D eigenvalue weighted by Crippen LogP contribution is -2.39. The third-order valence-electron chi connectivity index (χ3n) is 5.24. The molecule has 8 nitrogen and oxygen atoms in total. The molecule has 0 spiro atoms. The van der Waals surface area contributed by atoms with Gasteiger partial charge in [-0.1, -0.05) is 23.5 Å². The first-order chi connectivity index (χ1) is 16.6. The van der Waals surface area contributed by atoms with Crippen LogP contribution >= 0.6 is 11.3 Å². The van der Waals surface area contributed by atoms with E-state index in [1.165, 1.54) is 24.3 Å². The molecule has 4 rings (SSSR count). The molecule has 0 aliphatic carbocycles. The van der Waals surface area contributed by atoms with Gasteiger partial charge in [-0.2, -0.15) is 4.39 Å². The molecule has 1 fully saturated rings. The summed E-state index contributed by atoms with van der Waals surface area (Å²) < 4.78 is 72.2. The van der Waals surface area contributed by atoms with Gasteiger partial charge in [-0.3, -0.25) is 14.9 Å². The summed E-state index contributed by atoms with van der Waals surface area (Å²) in [5, 5.41) is 3.33. The highest BCUT2D eigenvalue weighted by Gasteiger charge is 2.33. The van der Waals surface area contributed by atoms with Crippen molar-refractivity contribution in [2.24, 2.45) is 0 Å². The Balaban J connectivity index is 1.63. The summed E-state index contributed by atoms with van der Waals surface area (Å²) in [6, 6.07) is 7.65. The lowest BCUT2D eigenvalue weighted by molar-refractivity contribution is -0.123. The van der Waals surface area contributed by atoms with Gasteiger partial charge in [-0.25, -0.2) is 22.2 Å². The number of rotatable bonds is 7. The molecule has 1 saturated heterocycles. The molecule has 1 aromatic heterocycles. The summed E-state index contributed by atoms with van der Waals surface area (Å²) in [5.74, 6) is -3.53. The Hall–Kier alpha value is -3.45. The minimum atomic E-state index is -3.83. The van der Waals surface area contributed by atoms with E-state index in [0.717, 1.165) is 18.3 Å². The smallest absolute Gasteiger partial charge is 0.271 e. The summed E-state index contributed by atoms with van der Waals surface area (Å²) in [6.07, 6.45) is -0.509. The molecule has 1 aliphatic rings. The number of thiazole rings is 1. The van der Waals surface area contributed by atoms with Crippen molar-refractivity contribution in [1.29, 1.82) is 0 Å². The summed E-state index contributed by atoms with van der Waals surface area (Å²) in [6.45, 7) is 0.248. The number of carbonyl (C=O) groups excluding carboxylic acids is 2. The minimum Gasteiger partial charge on any atom is -0.473 e. The van der Waals surface area contributed by atoms with Gasteiger partial charge in [0, 0.05) is 24.6 Å². The average molecular weight is 526 g/mol. The Morgan fingerprint density at radius 2 is 1.91 bits per heavy atom. The molecule has 0 radical (unpaired) electrons. The van der Waals surface area contributed by atoms with E-state index in [9.17, 15) is 31.2 Å². The fraction of sp³-hybridized carbons (Fsp3) is 0.227. The zero-order chi connectivity index (χ0) is 25.2. The van der Waals surface area contributed by atoms with Crippen LogP contribution in [-0.4, -0.2) is 37.0 Å². The molecule has 1 aliphatic heterocycles. The average Bonchev–Trinajstić information content (AvgIpc) is 3.23. The number of halogens is 3. The van der Waals surface area contributed by atoms with E-state index in [-0.39, 0.29) is 40.9 Å². The largest absolute Gasteiger partial charge is 0.473 e. The number of benzene rings is 2. The molecule has 0 bridgehead atoms. The van der Waals surface area contributed by atoms with Crippen LogP contribution in [0.3, 0.4) is 0 Å². The van der Waals surface area contributed by atoms with Crippen LogP contribution in [0.2, 0.25) is 0 Å². The number of anilines is 1. The first kappa shape index (κ1) is 24.7. The van der Waals surface area contributed by atoms with Crippen LogP contribution in [0, 0.1) is 16.8 Å². The van der Waals surface area contributed by atoms with Crippen molar-refractivity contribution in [3.05, 3.63) is 71.0 Å². The van der Waals surface area contributed by atoms with Gasteiger partial charge in [-0.05, 0) is 30.7 Å². The number of piperidine rings is 1. The van der Waals surface area contributed by atoms with Crippen molar-refractivity contribution in [1.82, 2.24) is 10.3 Å². The second-order valence-electron chi connectivity index (χ2n) is 7.61. The Morgan fingerprint density at radius 1 is 1.17 bits per heavy atom. The minimum absolute atomic E-state index is 0.0601. The highest BCUT2D eigenvalue weighted by atomic mass is 32.2.